The highest BCUT2D eigenvalue weighted by molar-refractivity contribution is 7.93. The van der Waals surface area contributed by atoms with Gasteiger partial charge < -0.3 is 5.32 Å². The number of piperidine rings is 1. The molecule has 9 heteroatoms. The first-order valence-electron chi connectivity index (χ1n) is 9.68. The molecule has 0 atom stereocenters. The van der Waals surface area contributed by atoms with Crippen molar-refractivity contribution in [3.05, 3.63) is 53.6 Å². The number of amides is 1. The van der Waals surface area contributed by atoms with Crippen molar-refractivity contribution in [2.24, 2.45) is 5.92 Å². The van der Waals surface area contributed by atoms with E-state index < -0.39 is 19.9 Å². The van der Waals surface area contributed by atoms with Crippen LogP contribution in [0.1, 0.15) is 24.0 Å². The van der Waals surface area contributed by atoms with E-state index in [1.807, 2.05) is 32.0 Å². The first-order chi connectivity index (χ1) is 14.0. The van der Waals surface area contributed by atoms with Crippen molar-refractivity contribution in [1.82, 2.24) is 4.31 Å². The number of nitrogens with one attached hydrogen (secondary N) is 1. The summed E-state index contributed by atoms with van der Waals surface area (Å²) in [6.07, 6.45) is 1.74. The Morgan fingerprint density at radius 1 is 0.933 bits per heavy atom. The maximum atomic E-state index is 13.1. The molecule has 30 heavy (non-hydrogen) atoms. The highest BCUT2D eigenvalue weighted by atomic mass is 32.2. The Morgan fingerprint density at radius 3 is 2.13 bits per heavy atom. The summed E-state index contributed by atoms with van der Waals surface area (Å²) in [7, 11) is -7.67. The van der Waals surface area contributed by atoms with E-state index in [0.29, 0.717) is 12.8 Å². The predicted octanol–water partition coefficient (Wildman–Crippen LogP) is 2.75. The molecule has 0 unspecified atom stereocenters. The van der Waals surface area contributed by atoms with E-state index in [0.717, 1.165) is 23.1 Å². The van der Waals surface area contributed by atoms with Crippen molar-refractivity contribution in [3.63, 3.8) is 0 Å². The summed E-state index contributed by atoms with van der Waals surface area (Å²) < 4.78 is 51.4. The predicted molar refractivity (Wildman–Crippen MR) is 116 cm³/mol. The molecule has 0 bridgehead atoms. The number of anilines is 1. The van der Waals surface area contributed by atoms with E-state index in [1.165, 1.54) is 28.6 Å². The molecule has 1 amide bonds. The van der Waals surface area contributed by atoms with Gasteiger partial charge in [-0.3, -0.25) is 4.79 Å². The average Bonchev–Trinajstić information content (AvgIpc) is 2.71. The summed E-state index contributed by atoms with van der Waals surface area (Å²) in [5, 5.41) is 2.95. The zero-order valence-electron chi connectivity index (χ0n) is 17.3. The minimum absolute atomic E-state index is 0.128. The normalized spacial score (nSPS) is 16.4. The van der Waals surface area contributed by atoms with E-state index >= 15 is 0 Å². The number of sulfone groups is 1. The number of hydrogen-bond donors (Lipinski definition) is 1. The summed E-state index contributed by atoms with van der Waals surface area (Å²) in [6, 6.07) is 11.3. The molecule has 0 spiro atoms. The highest BCUT2D eigenvalue weighted by Crippen LogP contribution is 2.29. The SMILES string of the molecule is Cc1cccc(NC(=O)C2CCN(S(=O)(=O)c3ccccc3S(C)(=O)=O)CC2)c1C. The van der Waals surface area contributed by atoms with Crippen molar-refractivity contribution in [3.8, 4) is 0 Å². The second kappa shape index (κ2) is 8.49. The molecular formula is C21H26N2O5S2. The second-order valence-corrected chi connectivity index (χ2v) is 11.5. The second-order valence-electron chi connectivity index (χ2n) is 7.63. The smallest absolute Gasteiger partial charge is 0.244 e. The van der Waals surface area contributed by atoms with Crippen LogP contribution in [0.3, 0.4) is 0 Å². The largest absolute Gasteiger partial charge is 0.326 e. The summed E-state index contributed by atoms with van der Waals surface area (Å²) in [6.45, 7) is 4.23. The lowest BCUT2D eigenvalue weighted by molar-refractivity contribution is -0.120. The Hall–Kier alpha value is -2.23. The van der Waals surface area contributed by atoms with Crippen LogP contribution in [-0.4, -0.2) is 46.4 Å². The number of sulfonamides is 1. The van der Waals surface area contributed by atoms with Gasteiger partial charge in [-0.25, -0.2) is 16.8 Å². The van der Waals surface area contributed by atoms with Gasteiger partial charge in [-0.1, -0.05) is 24.3 Å². The van der Waals surface area contributed by atoms with E-state index in [-0.39, 0.29) is 34.7 Å². The Morgan fingerprint density at radius 2 is 1.53 bits per heavy atom. The van der Waals surface area contributed by atoms with Crippen LogP contribution in [0.2, 0.25) is 0 Å². The lowest BCUT2D eigenvalue weighted by Gasteiger charge is -2.31. The maximum absolute atomic E-state index is 13.1. The topological polar surface area (TPSA) is 101 Å². The lowest BCUT2D eigenvalue weighted by Crippen LogP contribution is -2.41. The molecule has 162 valence electrons. The van der Waals surface area contributed by atoms with Gasteiger partial charge in [0.05, 0.1) is 4.90 Å². The molecule has 1 N–H and O–H groups in total. The van der Waals surface area contributed by atoms with E-state index in [9.17, 15) is 21.6 Å². The Balaban J connectivity index is 1.73. The number of hydrogen-bond acceptors (Lipinski definition) is 5. The zero-order chi connectivity index (χ0) is 22.1. The van der Waals surface area contributed by atoms with Crippen LogP contribution in [0.5, 0.6) is 0 Å². The highest BCUT2D eigenvalue weighted by Gasteiger charge is 2.34. The van der Waals surface area contributed by atoms with Crippen LogP contribution in [-0.2, 0) is 24.7 Å². The molecule has 0 saturated carbocycles. The number of carbonyl (C=O) groups is 1. The lowest BCUT2D eigenvalue weighted by atomic mass is 9.97. The first kappa shape index (κ1) is 22.5. The quantitative estimate of drug-likeness (QED) is 0.755. The third kappa shape index (κ3) is 4.58. The summed E-state index contributed by atoms with van der Waals surface area (Å²) in [5.41, 5.74) is 2.85. The fourth-order valence-electron chi connectivity index (χ4n) is 3.59. The van der Waals surface area contributed by atoms with Crippen molar-refractivity contribution in [1.29, 1.82) is 0 Å². The van der Waals surface area contributed by atoms with Gasteiger partial charge in [0.1, 0.15) is 4.90 Å². The standard InChI is InChI=1S/C21H26N2O5S2/c1-15-7-6-8-18(16(15)2)22-21(24)17-11-13-23(14-12-17)30(27,28)20-10-5-4-9-19(20)29(3,25)26/h4-10,17H,11-14H2,1-3H3,(H,22,24). The molecule has 0 radical (unpaired) electrons. The molecule has 0 aromatic heterocycles. The third-order valence-corrected chi connectivity index (χ3v) is 8.79. The number of rotatable bonds is 5. The van der Waals surface area contributed by atoms with Crippen LogP contribution in [0, 0.1) is 19.8 Å². The number of carbonyl (C=O) groups excluding carboxylic acids is 1. The average molecular weight is 451 g/mol. The van der Waals surface area contributed by atoms with Gasteiger partial charge in [-0.05, 0) is 56.0 Å². The molecule has 0 aliphatic carbocycles. The number of benzene rings is 2. The maximum Gasteiger partial charge on any atom is 0.244 e. The number of nitrogens with zero attached hydrogens (tertiary/aromatic N) is 1. The van der Waals surface area contributed by atoms with Gasteiger partial charge in [-0.2, -0.15) is 4.31 Å². The van der Waals surface area contributed by atoms with Gasteiger partial charge in [0.2, 0.25) is 15.9 Å². The third-order valence-electron chi connectivity index (χ3n) is 5.55. The van der Waals surface area contributed by atoms with Crippen molar-refractivity contribution < 1.29 is 21.6 Å². The van der Waals surface area contributed by atoms with Crippen LogP contribution in [0.15, 0.2) is 52.3 Å². The Kier molecular flexibility index (Phi) is 6.35. The van der Waals surface area contributed by atoms with Gasteiger partial charge in [0.15, 0.2) is 9.84 Å². The molecule has 2 aromatic rings. The summed E-state index contributed by atoms with van der Waals surface area (Å²) >= 11 is 0. The van der Waals surface area contributed by atoms with E-state index in [1.54, 1.807) is 0 Å². The van der Waals surface area contributed by atoms with Gasteiger partial charge in [0.25, 0.3) is 0 Å². The molecule has 1 aliphatic rings. The molecule has 7 nitrogen and oxygen atoms in total. The van der Waals surface area contributed by atoms with Gasteiger partial charge >= 0.3 is 0 Å². The monoisotopic (exact) mass is 450 g/mol. The van der Waals surface area contributed by atoms with E-state index in [4.69, 9.17) is 0 Å². The van der Waals surface area contributed by atoms with Crippen LogP contribution < -0.4 is 5.32 Å². The minimum atomic E-state index is -3.97. The van der Waals surface area contributed by atoms with Crippen LogP contribution in [0.25, 0.3) is 0 Å². The fourth-order valence-corrected chi connectivity index (χ4v) is 6.66. The zero-order valence-corrected chi connectivity index (χ0v) is 18.9. The molecule has 3 rings (SSSR count). The van der Waals surface area contributed by atoms with Crippen molar-refractivity contribution >= 4 is 31.5 Å². The summed E-state index contributed by atoms with van der Waals surface area (Å²) in [4.78, 5) is 12.3. The van der Waals surface area contributed by atoms with Crippen LogP contribution in [0.4, 0.5) is 5.69 Å². The van der Waals surface area contributed by atoms with Gasteiger partial charge in [-0.15, -0.1) is 0 Å². The minimum Gasteiger partial charge on any atom is -0.326 e. The van der Waals surface area contributed by atoms with Crippen molar-refractivity contribution in [2.45, 2.75) is 36.5 Å². The summed E-state index contributed by atoms with van der Waals surface area (Å²) in [5.74, 6) is -0.432. The molecule has 2 aromatic carbocycles. The first-order valence-corrected chi connectivity index (χ1v) is 13.0. The van der Waals surface area contributed by atoms with E-state index in [2.05, 4.69) is 5.32 Å². The van der Waals surface area contributed by atoms with Crippen molar-refractivity contribution in [2.75, 3.05) is 24.7 Å². The van der Waals surface area contributed by atoms with Crippen LogP contribution >= 0.6 is 0 Å². The molecule has 1 saturated heterocycles. The molecule has 1 fully saturated rings. The fraction of sp³-hybridized carbons (Fsp3) is 0.381. The molecule has 1 aliphatic heterocycles. The van der Waals surface area contributed by atoms with Gasteiger partial charge in [0, 0.05) is 31.0 Å². The molecule has 1 heterocycles. The Bertz CT molecular complexity index is 1170. The number of aryl methyl sites for hydroxylation is 1. The molecular weight excluding hydrogens is 424 g/mol. The Labute approximate surface area is 178 Å².